The molecule has 3 rings (SSSR count). The maximum atomic E-state index is 8.99. The Morgan fingerprint density at radius 1 is 1.29 bits per heavy atom. The van der Waals surface area contributed by atoms with Crippen molar-refractivity contribution < 1.29 is 0 Å². The molecule has 1 aromatic carbocycles. The van der Waals surface area contributed by atoms with E-state index in [1.807, 2.05) is 18.2 Å². The standard InChI is InChI=1S/C18H23N3/c19-14-15-4-3-5-16(12-15)17-6-7-18(13-17)20-8-11-21-9-1-2-10-21/h3-5,12-13,18,20H,1-2,6-11H2. The molecule has 1 fully saturated rings. The van der Waals surface area contributed by atoms with Crippen LogP contribution in [0.2, 0.25) is 0 Å². The molecule has 1 aromatic rings. The summed E-state index contributed by atoms with van der Waals surface area (Å²) in [6, 6.07) is 10.7. The largest absolute Gasteiger partial charge is 0.309 e. The van der Waals surface area contributed by atoms with E-state index in [-0.39, 0.29) is 0 Å². The fourth-order valence-corrected chi connectivity index (χ4v) is 3.32. The Balaban J connectivity index is 1.52. The number of rotatable bonds is 5. The third-order valence-corrected chi connectivity index (χ3v) is 4.52. The Morgan fingerprint density at radius 3 is 2.95 bits per heavy atom. The summed E-state index contributed by atoms with van der Waals surface area (Å²) in [6.45, 7) is 4.79. The van der Waals surface area contributed by atoms with Crippen LogP contribution in [0.1, 0.15) is 36.8 Å². The van der Waals surface area contributed by atoms with Crippen LogP contribution < -0.4 is 5.32 Å². The zero-order valence-corrected chi connectivity index (χ0v) is 12.5. The molecule has 0 amide bonds. The minimum absolute atomic E-state index is 0.494. The lowest BCUT2D eigenvalue weighted by Gasteiger charge is -2.16. The normalized spacial score (nSPS) is 22.2. The number of hydrogen-bond acceptors (Lipinski definition) is 3. The third-order valence-electron chi connectivity index (χ3n) is 4.52. The van der Waals surface area contributed by atoms with E-state index < -0.39 is 0 Å². The van der Waals surface area contributed by atoms with Gasteiger partial charge in [-0.25, -0.2) is 0 Å². The van der Waals surface area contributed by atoms with E-state index in [2.05, 4.69) is 28.4 Å². The Labute approximate surface area is 127 Å². The SMILES string of the molecule is N#Cc1cccc(C2=CC(NCCN3CCCC3)CC2)c1. The minimum atomic E-state index is 0.494. The second kappa shape index (κ2) is 6.89. The van der Waals surface area contributed by atoms with E-state index in [0.717, 1.165) is 18.5 Å². The fourth-order valence-electron chi connectivity index (χ4n) is 3.32. The first-order chi connectivity index (χ1) is 10.3. The smallest absolute Gasteiger partial charge is 0.0991 e. The number of nitrogens with zero attached hydrogens (tertiary/aromatic N) is 2. The molecule has 3 heteroatoms. The summed E-state index contributed by atoms with van der Waals surface area (Å²) in [5, 5.41) is 12.6. The lowest BCUT2D eigenvalue weighted by atomic mass is 10.0. The van der Waals surface area contributed by atoms with Gasteiger partial charge in [0.25, 0.3) is 0 Å². The predicted molar refractivity (Wildman–Crippen MR) is 85.8 cm³/mol. The topological polar surface area (TPSA) is 39.1 Å². The Morgan fingerprint density at radius 2 is 2.14 bits per heavy atom. The lowest BCUT2D eigenvalue weighted by Crippen LogP contribution is -2.34. The maximum Gasteiger partial charge on any atom is 0.0991 e. The van der Waals surface area contributed by atoms with Crippen LogP contribution in [0.3, 0.4) is 0 Å². The summed E-state index contributed by atoms with van der Waals surface area (Å²) in [4.78, 5) is 2.54. The fraction of sp³-hybridized carbons (Fsp3) is 0.500. The first-order valence-electron chi connectivity index (χ1n) is 8.02. The van der Waals surface area contributed by atoms with Crippen molar-refractivity contribution in [1.29, 1.82) is 5.26 Å². The molecular formula is C18H23N3. The number of nitrogens with one attached hydrogen (secondary N) is 1. The predicted octanol–water partition coefficient (Wildman–Crippen LogP) is 2.79. The van der Waals surface area contributed by atoms with Crippen LogP contribution in [0.15, 0.2) is 30.3 Å². The molecule has 1 atom stereocenters. The molecule has 1 N–H and O–H groups in total. The van der Waals surface area contributed by atoms with Gasteiger partial charge in [-0.05, 0) is 62.0 Å². The van der Waals surface area contributed by atoms with Gasteiger partial charge in [0.15, 0.2) is 0 Å². The quantitative estimate of drug-likeness (QED) is 0.902. The van der Waals surface area contributed by atoms with Crippen molar-refractivity contribution in [2.45, 2.75) is 31.7 Å². The highest BCUT2D eigenvalue weighted by Crippen LogP contribution is 2.28. The summed E-state index contributed by atoms with van der Waals surface area (Å²) in [5.41, 5.74) is 3.34. The van der Waals surface area contributed by atoms with Gasteiger partial charge in [0.1, 0.15) is 0 Å². The van der Waals surface area contributed by atoms with Crippen LogP contribution in [-0.4, -0.2) is 37.1 Å². The number of hydrogen-bond donors (Lipinski definition) is 1. The van der Waals surface area contributed by atoms with Gasteiger partial charge in [0.2, 0.25) is 0 Å². The average molecular weight is 281 g/mol. The molecule has 1 aliphatic carbocycles. The second-order valence-corrected chi connectivity index (χ2v) is 6.03. The van der Waals surface area contributed by atoms with Gasteiger partial charge in [-0.3, -0.25) is 0 Å². The molecule has 3 nitrogen and oxygen atoms in total. The summed E-state index contributed by atoms with van der Waals surface area (Å²) in [5.74, 6) is 0. The minimum Gasteiger partial charge on any atom is -0.309 e. The van der Waals surface area contributed by atoms with E-state index in [0.29, 0.717) is 6.04 Å². The second-order valence-electron chi connectivity index (χ2n) is 6.03. The van der Waals surface area contributed by atoms with Gasteiger partial charge < -0.3 is 10.2 Å². The van der Waals surface area contributed by atoms with E-state index in [1.165, 1.54) is 50.0 Å². The molecule has 0 bridgehead atoms. The summed E-state index contributed by atoms with van der Waals surface area (Å²) < 4.78 is 0. The van der Waals surface area contributed by atoms with E-state index in [1.54, 1.807) is 0 Å². The van der Waals surface area contributed by atoms with Crippen molar-refractivity contribution in [2.24, 2.45) is 0 Å². The molecule has 1 heterocycles. The van der Waals surface area contributed by atoms with Crippen LogP contribution in [-0.2, 0) is 0 Å². The van der Waals surface area contributed by atoms with Crippen LogP contribution in [0.5, 0.6) is 0 Å². The Kier molecular flexibility index (Phi) is 4.69. The summed E-state index contributed by atoms with van der Waals surface area (Å²) in [6.07, 6.45) is 7.36. The molecule has 0 spiro atoms. The maximum absolute atomic E-state index is 8.99. The Hall–Kier alpha value is -1.63. The van der Waals surface area contributed by atoms with Gasteiger partial charge >= 0.3 is 0 Å². The molecule has 0 radical (unpaired) electrons. The van der Waals surface area contributed by atoms with Crippen molar-refractivity contribution in [3.05, 3.63) is 41.5 Å². The summed E-state index contributed by atoms with van der Waals surface area (Å²) >= 11 is 0. The highest BCUT2D eigenvalue weighted by molar-refractivity contribution is 5.69. The lowest BCUT2D eigenvalue weighted by molar-refractivity contribution is 0.331. The molecule has 1 saturated heterocycles. The molecule has 0 saturated carbocycles. The number of likely N-dealkylation sites (tertiary alicyclic amines) is 1. The highest BCUT2D eigenvalue weighted by Gasteiger charge is 2.17. The molecule has 0 aromatic heterocycles. The van der Waals surface area contributed by atoms with Gasteiger partial charge in [-0.1, -0.05) is 18.2 Å². The molecule has 2 aliphatic rings. The van der Waals surface area contributed by atoms with Crippen molar-refractivity contribution >= 4 is 5.57 Å². The molecule has 110 valence electrons. The van der Waals surface area contributed by atoms with Crippen LogP contribution >= 0.6 is 0 Å². The first-order valence-corrected chi connectivity index (χ1v) is 8.02. The third kappa shape index (κ3) is 3.72. The highest BCUT2D eigenvalue weighted by atomic mass is 15.2. The van der Waals surface area contributed by atoms with Gasteiger partial charge in [0, 0.05) is 19.1 Å². The first kappa shape index (κ1) is 14.3. The van der Waals surface area contributed by atoms with E-state index >= 15 is 0 Å². The molecular weight excluding hydrogens is 258 g/mol. The van der Waals surface area contributed by atoms with E-state index in [4.69, 9.17) is 5.26 Å². The van der Waals surface area contributed by atoms with Gasteiger partial charge in [-0.15, -0.1) is 0 Å². The number of allylic oxidation sites excluding steroid dienone is 1. The van der Waals surface area contributed by atoms with Crippen LogP contribution in [0.4, 0.5) is 0 Å². The summed E-state index contributed by atoms with van der Waals surface area (Å²) in [7, 11) is 0. The average Bonchev–Trinajstić information content (AvgIpc) is 3.19. The Bertz CT molecular complexity index is 550. The van der Waals surface area contributed by atoms with Crippen molar-refractivity contribution in [1.82, 2.24) is 10.2 Å². The van der Waals surface area contributed by atoms with Crippen LogP contribution in [0.25, 0.3) is 5.57 Å². The molecule has 1 aliphatic heterocycles. The van der Waals surface area contributed by atoms with Crippen molar-refractivity contribution in [2.75, 3.05) is 26.2 Å². The zero-order chi connectivity index (χ0) is 14.5. The number of nitriles is 1. The van der Waals surface area contributed by atoms with Crippen LogP contribution in [0, 0.1) is 11.3 Å². The molecule has 1 unspecified atom stereocenters. The van der Waals surface area contributed by atoms with Crippen molar-refractivity contribution in [3.63, 3.8) is 0 Å². The van der Waals surface area contributed by atoms with Gasteiger partial charge in [-0.2, -0.15) is 5.26 Å². The zero-order valence-electron chi connectivity index (χ0n) is 12.5. The van der Waals surface area contributed by atoms with E-state index in [9.17, 15) is 0 Å². The number of benzene rings is 1. The van der Waals surface area contributed by atoms with Gasteiger partial charge in [0.05, 0.1) is 11.6 Å². The molecule has 21 heavy (non-hydrogen) atoms. The monoisotopic (exact) mass is 281 g/mol. The van der Waals surface area contributed by atoms with Crippen molar-refractivity contribution in [3.8, 4) is 6.07 Å².